The van der Waals surface area contributed by atoms with Crippen molar-refractivity contribution >= 4 is 35.3 Å². The molecule has 0 radical (unpaired) electrons. The second kappa shape index (κ2) is 9.51. The number of carbonyl (C=O) groups is 1. The van der Waals surface area contributed by atoms with E-state index < -0.39 is 0 Å². The van der Waals surface area contributed by atoms with Crippen molar-refractivity contribution in [2.45, 2.75) is 51.9 Å². The minimum absolute atomic E-state index is 0. The summed E-state index contributed by atoms with van der Waals surface area (Å²) in [4.78, 5) is 17.4. The van der Waals surface area contributed by atoms with Crippen molar-refractivity contribution in [3.63, 3.8) is 0 Å². The number of carbonyl (C=O) groups excluding carboxylic acids is 1. The van der Waals surface area contributed by atoms with Crippen molar-refractivity contribution in [3.05, 3.63) is 51.7 Å². The van der Waals surface area contributed by atoms with Gasteiger partial charge in [-0.15, -0.1) is 23.7 Å². The number of aryl methyl sites for hydroxylation is 2. The standard InChI is InChI=1S/C20H26N2O2S.ClH/c1-3-15-5-7-16(8-6-15)22(13-18-10-4-14(2)25-18)20(23)19-11-9-17(12-21)24-19;/h4-8,10,17,19H,3,9,11-13,21H2,1-2H3;1H/t17-,19+;/m1./s1. The fourth-order valence-corrected chi connectivity index (χ4v) is 4.05. The second-order valence-electron chi connectivity index (χ2n) is 6.52. The quantitative estimate of drug-likeness (QED) is 0.803. The summed E-state index contributed by atoms with van der Waals surface area (Å²) in [5.41, 5.74) is 7.88. The zero-order chi connectivity index (χ0) is 17.8. The molecule has 2 aromatic rings. The van der Waals surface area contributed by atoms with Crippen LogP contribution in [0, 0.1) is 6.92 Å². The van der Waals surface area contributed by atoms with Gasteiger partial charge in [0, 0.05) is 22.0 Å². The van der Waals surface area contributed by atoms with Crippen LogP contribution in [0.5, 0.6) is 0 Å². The van der Waals surface area contributed by atoms with Crippen LogP contribution in [0.15, 0.2) is 36.4 Å². The van der Waals surface area contributed by atoms with Crippen LogP contribution in [0.3, 0.4) is 0 Å². The van der Waals surface area contributed by atoms with E-state index in [9.17, 15) is 4.79 Å². The third-order valence-electron chi connectivity index (χ3n) is 4.68. The highest BCUT2D eigenvalue weighted by molar-refractivity contribution is 7.11. The number of hydrogen-bond acceptors (Lipinski definition) is 4. The van der Waals surface area contributed by atoms with Crippen LogP contribution in [-0.2, 0) is 22.5 Å². The van der Waals surface area contributed by atoms with E-state index in [4.69, 9.17) is 10.5 Å². The van der Waals surface area contributed by atoms with E-state index in [0.717, 1.165) is 24.9 Å². The number of nitrogens with two attached hydrogens (primary N) is 1. The molecule has 3 rings (SSSR count). The minimum atomic E-state index is -0.388. The summed E-state index contributed by atoms with van der Waals surface area (Å²) >= 11 is 1.73. The lowest BCUT2D eigenvalue weighted by atomic mass is 10.1. The molecule has 2 N–H and O–H groups in total. The van der Waals surface area contributed by atoms with Gasteiger partial charge < -0.3 is 15.4 Å². The normalized spacial score (nSPS) is 19.2. The van der Waals surface area contributed by atoms with Crippen molar-refractivity contribution in [3.8, 4) is 0 Å². The Morgan fingerprint density at radius 1 is 1.23 bits per heavy atom. The van der Waals surface area contributed by atoms with Gasteiger partial charge in [-0.1, -0.05) is 19.1 Å². The zero-order valence-corrected chi connectivity index (χ0v) is 16.9. The Balaban J connectivity index is 0.00000243. The molecule has 2 atom stereocenters. The van der Waals surface area contributed by atoms with Crippen LogP contribution in [-0.4, -0.2) is 24.7 Å². The maximum absolute atomic E-state index is 13.1. The summed E-state index contributed by atoms with van der Waals surface area (Å²) in [7, 11) is 0. The van der Waals surface area contributed by atoms with E-state index in [1.807, 2.05) is 17.0 Å². The number of ether oxygens (including phenoxy) is 1. The van der Waals surface area contributed by atoms with Gasteiger partial charge in [-0.2, -0.15) is 0 Å². The number of rotatable bonds is 6. The number of thiophene rings is 1. The van der Waals surface area contributed by atoms with E-state index in [1.54, 1.807) is 11.3 Å². The highest BCUT2D eigenvalue weighted by Gasteiger charge is 2.33. The van der Waals surface area contributed by atoms with Crippen LogP contribution in [0.25, 0.3) is 0 Å². The molecule has 1 fully saturated rings. The van der Waals surface area contributed by atoms with Crippen LogP contribution < -0.4 is 10.6 Å². The fourth-order valence-electron chi connectivity index (χ4n) is 3.17. The fraction of sp³-hybridized carbons (Fsp3) is 0.450. The predicted molar refractivity (Wildman–Crippen MR) is 110 cm³/mol. The van der Waals surface area contributed by atoms with Crippen molar-refractivity contribution in [1.29, 1.82) is 0 Å². The number of anilines is 1. The van der Waals surface area contributed by atoms with Crippen molar-refractivity contribution in [2.24, 2.45) is 5.73 Å². The molecule has 26 heavy (non-hydrogen) atoms. The van der Waals surface area contributed by atoms with E-state index in [2.05, 4.69) is 38.1 Å². The molecule has 4 nitrogen and oxygen atoms in total. The van der Waals surface area contributed by atoms with E-state index in [1.165, 1.54) is 15.3 Å². The van der Waals surface area contributed by atoms with Gasteiger partial charge in [0.1, 0.15) is 6.10 Å². The molecule has 0 saturated carbocycles. The number of amides is 1. The van der Waals surface area contributed by atoms with Crippen LogP contribution in [0.1, 0.15) is 35.1 Å². The molecular weight excluding hydrogens is 368 g/mol. The number of benzene rings is 1. The first kappa shape index (κ1) is 20.9. The van der Waals surface area contributed by atoms with Gasteiger partial charge in [-0.3, -0.25) is 4.79 Å². The monoisotopic (exact) mass is 394 g/mol. The Hall–Kier alpha value is -1.40. The SMILES string of the molecule is CCc1ccc(N(Cc2ccc(C)s2)C(=O)[C@@H]2CC[C@H](CN)O2)cc1.Cl. The molecule has 142 valence electrons. The highest BCUT2D eigenvalue weighted by atomic mass is 35.5. The topological polar surface area (TPSA) is 55.6 Å². The lowest BCUT2D eigenvalue weighted by Gasteiger charge is -2.25. The zero-order valence-electron chi connectivity index (χ0n) is 15.3. The summed E-state index contributed by atoms with van der Waals surface area (Å²) in [6, 6.07) is 12.4. The summed E-state index contributed by atoms with van der Waals surface area (Å²) in [6.45, 7) is 5.27. The number of halogens is 1. The summed E-state index contributed by atoms with van der Waals surface area (Å²) in [6.07, 6.45) is 2.20. The third-order valence-corrected chi connectivity index (χ3v) is 5.66. The summed E-state index contributed by atoms with van der Waals surface area (Å²) in [5.74, 6) is 0.0336. The van der Waals surface area contributed by atoms with Crippen LogP contribution in [0.4, 0.5) is 5.69 Å². The lowest BCUT2D eigenvalue weighted by Crippen LogP contribution is -2.39. The Kier molecular flexibility index (Phi) is 7.65. The molecule has 2 heterocycles. The molecule has 1 saturated heterocycles. The second-order valence-corrected chi connectivity index (χ2v) is 7.89. The molecule has 0 aliphatic carbocycles. The first-order valence-electron chi connectivity index (χ1n) is 8.92. The average molecular weight is 395 g/mol. The molecule has 1 amide bonds. The molecule has 0 unspecified atom stereocenters. The highest BCUT2D eigenvalue weighted by Crippen LogP contribution is 2.27. The maximum Gasteiger partial charge on any atom is 0.256 e. The van der Waals surface area contributed by atoms with Crippen molar-refractivity contribution in [1.82, 2.24) is 0 Å². The molecule has 6 heteroatoms. The van der Waals surface area contributed by atoms with Crippen molar-refractivity contribution in [2.75, 3.05) is 11.4 Å². The summed E-state index contributed by atoms with van der Waals surface area (Å²) < 4.78 is 5.85. The molecule has 1 aliphatic rings. The van der Waals surface area contributed by atoms with E-state index in [0.29, 0.717) is 13.1 Å². The largest absolute Gasteiger partial charge is 0.364 e. The molecule has 1 aromatic heterocycles. The average Bonchev–Trinajstić information content (AvgIpc) is 3.28. The van der Waals surface area contributed by atoms with E-state index in [-0.39, 0.29) is 30.5 Å². The lowest BCUT2D eigenvalue weighted by molar-refractivity contribution is -0.129. The third kappa shape index (κ3) is 4.86. The Morgan fingerprint density at radius 3 is 2.50 bits per heavy atom. The minimum Gasteiger partial charge on any atom is -0.364 e. The molecular formula is C20H27ClN2O2S. The maximum atomic E-state index is 13.1. The van der Waals surface area contributed by atoms with Crippen LogP contribution >= 0.6 is 23.7 Å². The van der Waals surface area contributed by atoms with Gasteiger partial charge in [-0.25, -0.2) is 0 Å². The number of hydrogen-bond donors (Lipinski definition) is 1. The van der Waals surface area contributed by atoms with Gasteiger partial charge in [0.25, 0.3) is 5.91 Å². The first-order valence-corrected chi connectivity index (χ1v) is 9.73. The predicted octanol–water partition coefficient (Wildman–Crippen LogP) is 4.08. The molecule has 0 spiro atoms. The smallest absolute Gasteiger partial charge is 0.256 e. The van der Waals surface area contributed by atoms with Gasteiger partial charge in [-0.05, 0) is 56.0 Å². The first-order chi connectivity index (χ1) is 12.1. The summed E-state index contributed by atoms with van der Waals surface area (Å²) in [5, 5.41) is 0. The van der Waals surface area contributed by atoms with E-state index >= 15 is 0 Å². The van der Waals surface area contributed by atoms with Crippen LogP contribution in [0.2, 0.25) is 0 Å². The molecule has 0 bridgehead atoms. The molecule has 1 aromatic carbocycles. The number of nitrogens with zero attached hydrogens (tertiary/aromatic N) is 1. The Morgan fingerprint density at radius 2 is 1.96 bits per heavy atom. The van der Waals surface area contributed by atoms with Crippen molar-refractivity contribution < 1.29 is 9.53 Å². The van der Waals surface area contributed by atoms with Gasteiger partial charge in [0.15, 0.2) is 0 Å². The van der Waals surface area contributed by atoms with Gasteiger partial charge in [0.05, 0.1) is 12.6 Å². The molecule has 1 aliphatic heterocycles. The van der Waals surface area contributed by atoms with Gasteiger partial charge in [0.2, 0.25) is 0 Å². The Bertz CT molecular complexity index is 717. The Labute approximate surface area is 165 Å². The van der Waals surface area contributed by atoms with Gasteiger partial charge >= 0.3 is 0 Å².